The van der Waals surface area contributed by atoms with Gasteiger partial charge in [-0.2, -0.15) is 0 Å². The molecular formula is C21H26N4O. The maximum atomic E-state index is 12.4. The molecule has 1 aliphatic carbocycles. The summed E-state index contributed by atoms with van der Waals surface area (Å²) < 4.78 is 0. The van der Waals surface area contributed by atoms with E-state index < -0.39 is 0 Å². The van der Waals surface area contributed by atoms with Crippen LogP contribution in [0.1, 0.15) is 43.0 Å². The van der Waals surface area contributed by atoms with Gasteiger partial charge in [-0.25, -0.2) is 4.98 Å². The average Bonchev–Trinajstić information content (AvgIpc) is 3.48. The minimum absolute atomic E-state index is 0.130. The molecule has 0 bridgehead atoms. The lowest BCUT2D eigenvalue weighted by Crippen LogP contribution is -2.32. The topological polar surface area (TPSA) is 57.3 Å². The number of amides is 1. The Labute approximate surface area is 154 Å². The first-order valence-electron chi connectivity index (χ1n) is 9.56. The highest BCUT2D eigenvalue weighted by atomic mass is 16.1. The third-order valence-corrected chi connectivity index (χ3v) is 5.23. The van der Waals surface area contributed by atoms with Crippen molar-refractivity contribution >= 4 is 23.1 Å². The van der Waals surface area contributed by atoms with Gasteiger partial charge in [0.25, 0.3) is 5.91 Å². The van der Waals surface area contributed by atoms with Crippen LogP contribution >= 0.6 is 0 Å². The van der Waals surface area contributed by atoms with Crippen molar-refractivity contribution in [3.05, 3.63) is 48.2 Å². The number of nitrogens with one attached hydrogen (secondary N) is 2. The first kappa shape index (κ1) is 16.9. The maximum absolute atomic E-state index is 12.4. The van der Waals surface area contributed by atoms with E-state index in [2.05, 4.69) is 39.6 Å². The first-order chi connectivity index (χ1) is 12.7. The molecule has 2 aliphatic rings. The van der Waals surface area contributed by atoms with E-state index in [1.165, 1.54) is 31.4 Å². The molecule has 26 heavy (non-hydrogen) atoms. The molecule has 136 valence electrons. The molecule has 0 radical (unpaired) electrons. The largest absolute Gasteiger partial charge is 0.372 e. The Morgan fingerprint density at radius 3 is 2.38 bits per heavy atom. The molecule has 5 nitrogen and oxygen atoms in total. The van der Waals surface area contributed by atoms with Crippen molar-refractivity contribution in [3.8, 4) is 0 Å². The van der Waals surface area contributed by atoms with Crippen molar-refractivity contribution in [2.45, 2.75) is 38.6 Å². The molecule has 1 aromatic heterocycles. The fourth-order valence-electron chi connectivity index (χ4n) is 3.28. The van der Waals surface area contributed by atoms with Crippen molar-refractivity contribution < 1.29 is 4.79 Å². The molecule has 1 amide bonds. The zero-order valence-electron chi connectivity index (χ0n) is 15.2. The summed E-state index contributed by atoms with van der Waals surface area (Å²) in [5.74, 6) is 1.53. The standard InChI is InChI=1S/C21H26N4O/c1-15-10-12-25(13-11-15)19-7-5-18(6-8-19)24-21(26)16-2-9-20(22-14-16)23-17-3-4-17/h2,5-9,14-15,17H,3-4,10-13H2,1H3,(H,22,23)(H,24,26). The number of nitrogens with zero attached hydrogens (tertiary/aromatic N) is 2. The zero-order chi connectivity index (χ0) is 17.9. The Kier molecular flexibility index (Phi) is 4.78. The lowest BCUT2D eigenvalue weighted by molar-refractivity contribution is 0.102. The summed E-state index contributed by atoms with van der Waals surface area (Å²) in [6.07, 6.45) is 6.53. The van der Waals surface area contributed by atoms with Gasteiger partial charge in [-0.05, 0) is 68.0 Å². The van der Waals surface area contributed by atoms with Crippen molar-refractivity contribution in [2.24, 2.45) is 5.92 Å². The molecule has 4 rings (SSSR count). The predicted molar refractivity (Wildman–Crippen MR) is 106 cm³/mol. The van der Waals surface area contributed by atoms with Crippen molar-refractivity contribution in [1.82, 2.24) is 4.98 Å². The number of pyridine rings is 1. The monoisotopic (exact) mass is 350 g/mol. The van der Waals surface area contributed by atoms with Crippen LogP contribution in [0.4, 0.5) is 17.2 Å². The summed E-state index contributed by atoms with van der Waals surface area (Å²) in [6.45, 7) is 4.54. The van der Waals surface area contributed by atoms with Crippen molar-refractivity contribution in [1.29, 1.82) is 0 Å². The van der Waals surface area contributed by atoms with Gasteiger partial charge in [0.1, 0.15) is 5.82 Å². The molecule has 0 atom stereocenters. The van der Waals surface area contributed by atoms with E-state index in [4.69, 9.17) is 0 Å². The average molecular weight is 350 g/mol. The van der Waals surface area contributed by atoms with Crippen molar-refractivity contribution in [2.75, 3.05) is 28.6 Å². The number of benzene rings is 1. The van der Waals surface area contributed by atoms with Crippen LogP contribution in [-0.4, -0.2) is 30.0 Å². The van der Waals surface area contributed by atoms with Gasteiger partial charge in [-0.1, -0.05) is 6.92 Å². The second-order valence-corrected chi connectivity index (χ2v) is 7.52. The SMILES string of the molecule is CC1CCN(c2ccc(NC(=O)c3ccc(NC4CC4)nc3)cc2)CC1. The van der Waals surface area contributed by atoms with Crippen LogP contribution in [0.3, 0.4) is 0 Å². The summed E-state index contributed by atoms with van der Waals surface area (Å²) in [6, 6.07) is 12.4. The smallest absolute Gasteiger partial charge is 0.257 e. The van der Waals surface area contributed by atoms with Crippen LogP contribution < -0.4 is 15.5 Å². The molecule has 0 unspecified atom stereocenters. The zero-order valence-corrected chi connectivity index (χ0v) is 15.2. The lowest BCUT2D eigenvalue weighted by atomic mass is 9.99. The Morgan fingerprint density at radius 2 is 1.77 bits per heavy atom. The van der Waals surface area contributed by atoms with E-state index >= 15 is 0 Å². The number of hydrogen-bond donors (Lipinski definition) is 2. The Balaban J connectivity index is 1.35. The van der Waals surface area contributed by atoms with Crippen LogP contribution in [0.5, 0.6) is 0 Å². The molecule has 5 heteroatoms. The third-order valence-electron chi connectivity index (χ3n) is 5.23. The van der Waals surface area contributed by atoms with Gasteiger partial charge in [0.05, 0.1) is 5.56 Å². The van der Waals surface area contributed by atoms with Gasteiger partial charge in [-0.3, -0.25) is 4.79 Å². The number of anilines is 3. The number of hydrogen-bond acceptors (Lipinski definition) is 4. The summed E-state index contributed by atoms with van der Waals surface area (Å²) >= 11 is 0. The van der Waals surface area contributed by atoms with E-state index in [0.717, 1.165) is 30.5 Å². The number of piperidine rings is 1. The van der Waals surface area contributed by atoms with Gasteiger partial charge in [0.15, 0.2) is 0 Å². The highest BCUT2D eigenvalue weighted by Crippen LogP contribution is 2.25. The first-order valence-corrected chi connectivity index (χ1v) is 9.56. The highest BCUT2D eigenvalue weighted by molar-refractivity contribution is 6.04. The molecule has 2 fully saturated rings. The van der Waals surface area contributed by atoms with E-state index in [1.807, 2.05) is 24.3 Å². The van der Waals surface area contributed by atoms with Crippen LogP contribution in [0.25, 0.3) is 0 Å². The van der Waals surface area contributed by atoms with Crippen LogP contribution in [0.2, 0.25) is 0 Å². The molecule has 2 N–H and O–H groups in total. The predicted octanol–water partition coefficient (Wildman–Crippen LogP) is 4.14. The molecule has 1 saturated heterocycles. The Morgan fingerprint density at radius 1 is 1.04 bits per heavy atom. The number of carbonyl (C=O) groups excluding carboxylic acids is 1. The van der Waals surface area contributed by atoms with Crippen molar-refractivity contribution in [3.63, 3.8) is 0 Å². The molecule has 1 saturated carbocycles. The fraction of sp³-hybridized carbons (Fsp3) is 0.429. The second-order valence-electron chi connectivity index (χ2n) is 7.52. The number of carbonyl (C=O) groups is 1. The Hall–Kier alpha value is -2.56. The molecule has 1 aromatic carbocycles. The normalized spacial score (nSPS) is 17.8. The van der Waals surface area contributed by atoms with E-state index in [9.17, 15) is 4.79 Å². The van der Waals surface area contributed by atoms with Crippen LogP contribution in [0.15, 0.2) is 42.6 Å². The summed E-state index contributed by atoms with van der Waals surface area (Å²) in [7, 11) is 0. The van der Waals surface area contributed by atoms with Gasteiger partial charge in [0.2, 0.25) is 0 Å². The summed E-state index contributed by atoms with van der Waals surface area (Å²) in [4.78, 5) is 19.1. The van der Waals surface area contributed by atoms with Gasteiger partial charge < -0.3 is 15.5 Å². The van der Waals surface area contributed by atoms with Gasteiger partial charge >= 0.3 is 0 Å². The minimum Gasteiger partial charge on any atom is -0.372 e. The summed E-state index contributed by atoms with van der Waals surface area (Å²) in [5, 5.41) is 6.27. The number of aromatic nitrogens is 1. The number of rotatable bonds is 5. The van der Waals surface area contributed by atoms with Gasteiger partial charge in [0, 0.05) is 36.7 Å². The van der Waals surface area contributed by atoms with E-state index in [1.54, 1.807) is 6.20 Å². The van der Waals surface area contributed by atoms with E-state index in [0.29, 0.717) is 11.6 Å². The molecular weight excluding hydrogens is 324 g/mol. The van der Waals surface area contributed by atoms with Gasteiger partial charge in [-0.15, -0.1) is 0 Å². The fourth-order valence-corrected chi connectivity index (χ4v) is 3.28. The molecule has 2 heterocycles. The van der Waals surface area contributed by atoms with Crippen LogP contribution in [0, 0.1) is 5.92 Å². The molecule has 2 aromatic rings. The molecule has 1 aliphatic heterocycles. The lowest BCUT2D eigenvalue weighted by Gasteiger charge is -2.32. The minimum atomic E-state index is -0.130. The highest BCUT2D eigenvalue weighted by Gasteiger charge is 2.21. The summed E-state index contributed by atoms with van der Waals surface area (Å²) in [5.41, 5.74) is 2.61. The molecule has 0 spiro atoms. The third kappa shape index (κ3) is 4.15. The van der Waals surface area contributed by atoms with Crippen LogP contribution in [-0.2, 0) is 0 Å². The second kappa shape index (κ2) is 7.36. The maximum Gasteiger partial charge on any atom is 0.257 e. The van der Waals surface area contributed by atoms with E-state index in [-0.39, 0.29) is 5.91 Å². The quantitative estimate of drug-likeness (QED) is 0.851. The Bertz CT molecular complexity index is 745.